The number of amides is 3. The van der Waals surface area contributed by atoms with Crippen molar-refractivity contribution in [1.29, 1.82) is 0 Å². The van der Waals surface area contributed by atoms with Crippen molar-refractivity contribution in [2.45, 2.75) is 25.4 Å². The van der Waals surface area contributed by atoms with Crippen molar-refractivity contribution in [1.82, 2.24) is 5.32 Å². The van der Waals surface area contributed by atoms with Gasteiger partial charge in [-0.25, -0.2) is 0 Å². The highest BCUT2D eigenvalue weighted by atomic mass is 16.5. The normalized spacial score (nSPS) is 33.8. The number of carbonyl (C=O) groups is 3. The van der Waals surface area contributed by atoms with E-state index >= 15 is 0 Å². The maximum atomic E-state index is 12.8. The van der Waals surface area contributed by atoms with E-state index < -0.39 is 0 Å². The number of ether oxygens (including phenoxy) is 1. The maximum absolute atomic E-state index is 12.8. The molecule has 0 radical (unpaired) electrons. The van der Waals surface area contributed by atoms with Crippen LogP contribution < -0.4 is 10.2 Å². The molecule has 1 saturated carbocycles. The molecule has 0 spiro atoms. The summed E-state index contributed by atoms with van der Waals surface area (Å²) >= 11 is 0. The van der Waals surface area contributed by atoms with Crippen LogP contribution in [-0.4, -0.2) is 37.0 Å². The summed E-state index contributed by atoms with van der Waals surface area (Å²) in [4.78, 5) is 39.3. The molecule has 6 nitrogen and oxygen atoms in total. The molecular formula is C21H22N2O4. The molecular weight excluding hydrogens is 344 g/mol. The van der Waals surface area contributed by atoms with E-state index in [1.54, 1.807) is 24.3 Å². The highest BCUT2D eigenvalue weighted by Gasteiger charge is 2.59. The number of anilines is 1. The molecule has 2 heterocycles. The highest BCUT2D eigenvalue weighted by molar-refractivity contribution is 6.22. The van der Waals surface area contributed by atoms with Crippen LogP contribution in [0.4, 0.5) is 5.69 Å². The van der Waals surface area contributed by atoms with Gasteiger partial charge in [0.25, 0.3) is 5.91 Å². The fourth-order valence-electron chi connectivity index (χ4n) is 5.03. The molecule has 2 bridgehead atoms. The van der Waals surface area contributed by atoms with Crippen LogP contribution in [-0.2, 0) is 14.3 Å². The predicted octanol–water partition coefficient (Wildman–Crippen LogP) is 1.91. The first-order valence-corrected chi connectivity index (χ1v) is 9.69. The minimum absolute atomic E-state index is 0.0939. The Kier molecular flexibility index (Phi) is 3.90. The zero-order valence-electron chi connectivity index (χ0n) is 15.0. The van der Waals surface area contributed by atoms with Crippen molar-refractivity contribution >= 4 is 23.4 Å². The third kappa shape index (κ3) is 2.62. The van der Waals surface area contributed by atoms with Gasteiger partial charge in [-0.3, -0.25) is 19.3 Å². The number of nitrogens with one attached hydrogen (secondary N) is 1. The van der Waals surface area contributed by atoms with E-state index in [1.807, 2.05) is 0 Å². The molecule has 1 aromatic rings. The van der Waals surface area contributed by atoms with Gasteiger partial charge < -0.3 is 10.1 Å². The molecule has 2 aliphatic heterocycles. The number of nitrogens with zero attached hydrogens (tertiary/aromatic N) is 1. The van der Waals surface area contributed by atoms with E-state index in [-0.39, 0.29) is 47.5 Å². The third-order valence-corrected chi connectivity index (χ3v) is 6.37. The summed E-state index contributed by atoms with van der Waals surface area (Å²) in [5.74, 6) is -0.387. The van der Waals surface area contributed by atoms with Crippen LogP contribution in [0.25, 0.3) is 0 Å². The first-order chi connectivity index (χ1) is 13.1. The molecule has 27 heavy (non-hydrogen) atoms. The van der Waals surface area contributed by atoms with Crippen molar-refractivity contribution in [2.24, 2.45) is 23.7 Å². The van der Waals surface area contributed by atoms with Crippen LogP contribution in [0.15, 0.2) is 36.4 Å². The first-order valence-electron chi connectivity index (χ1n) is 9.69. The van der Waals surface area contributed by atoms with Crippen LogP contribution in [0.5, 0.6) is 0 Å². The first kappa shape index (κ1) is 16.7. The largest absolute Gasteiger partial charge is 0.376 e. The summed E-state index contributed by atoms with van der Waals surface area (Å²) in [6, 6.07) is 6.71. The van der Waals surface area contributed by atoms with E-state index in [0.29, 0.717) is 17.8 Å². The predicted molar refractivity (Wildman–Crippen MR) is 98.0 cm³/mol. The average molecular weight is 366 g/mol. The Labute approximate surface area is 157 Å². The Balaban J connectivity index is 1.28. The van der Waals surface area contributed by atoms with Crippen molar-refractivity contribution in [2.75, 3.05) is 18.1 Å². The van der Waals surface area contributed by atoms with Gasteiger partial charge in [0.1, 0.15) is 0 Å². The van der Waals surface area contributed by atoms with Crippen LogP contribution in [0.3, 0.4) is 0 Å². The Morgan fingerprint density at radius 2 is 1.74 bits per heavy atom. The zero-order chi connectivity index (χ0) is 18.5. The molecule has 1 aromatic carbocycles. The average Bonchev–Trinajstić information content (AvgIpc) is 3.45. The molecule has 3 fully saturated rings. The summed E-state index contributed by atoms with van der Waals surface area (Å²) in [5.41, 5.74) is 1.06. The zero-order valence-corrected chi connectivity index (χ0v) is 15.0. The molecule has 6 heteroatoms. The second-order valence-electron chi connectivity index (χ2n) is 7.90. The summed E-state index contributed by atoms with van der Waals surface area (Å²) < 4.78 is 5.51. The van der Waals surface area contributed by atoms with Gasteiger partial charge in [-0.15, -0.1) is 0 Å². The van der Waals surface area contributed by atoms with Gasteiger partial charge >= 0.3 is 0 Å². The van der Waals surface area contributed by atoms with Crippen LogP contribution in [0.2, 0.25) is 0 Å². The topological polar surface area (TPSA) is 75.7 Å². The SMILES string of the molecule is O=C(NC[C@@H]1CCCO1)c1ccc(N2C(=O)[C@@H]3[C@@H](C2=O)[C@H]2C=C[C@@H]3C2)cc1. The lowest BCUT2D eigenvalue weighted by atomic mass is 9.85. The van der Waals surface area contributed by atoms with Gasteiger partial charge in [0, 0.05) is 18.7 Å². The van der Waals surface area contributed by atoms with Crippen LogP contribution in [0, 0.1) is 23.7 Å². The van der Waals surface area contributed by atoms with E-state index in [4.69, 9.17) is 4.74 Å². The molecule has 5 rings (SSSR count). The minimum atomic E-state index is -0.207. The second-order valence-corrected chi connectivity index (χ2v) is 7.90. The Morgan fingerprint density at radius 1 is 1.07 bits per heavy atom. The van der Waals surface area contributed by atoms with E-state index in [9.17, 15) is 14.4 Å². The lowest BCUT2D eigenvalue weighted by Gasteiger charge is -2.17. The monoisotopic (exact) mass is 366 g/mol. The molecule has 3 amide bonds. The lowest BCUT2D eigenvalue weighted by Crippen LogP contribution is -2.33. The minimum Gasteiger partial charge on any atom is -0.376 e. The van der Waals surface area contributed by atoms with Gasteiger partial charge in [0.05, 0.1) is 23.6 Å². The Bertz CT molecular complexity index is 795. The molecule has 5 atom stereocenters. The molecule has 0 aromatic heterocycles. The number of hydrogen-bond acceptors (Lipinski definition) is 4. The van der Waals surface area contributed by atoms with Crippen molar-refractivity contribution in [3.05, 3.63) is 42.0 Å². The molecule has 4 aliphatic rings. The summed E-state index contributed by atoms with van der Waals surface area (Å²) in [5, 5.41) is 2.88. The van der Waals surface area contributed by atoms with Crippen LogP contribution in [0.1, 0.15) is 29.6 Å². The second kappa shape index (κ2) is 6.30. The molecule has 2 aliphatic carbocycles. The summed E-state index contributed by atoms with van der Waals surface area (Å²) in [7, 11) is 0. The van der Waals surface area contributed by atoms with Gasteiger partial charge in [0.15, 0.2) is 0 Å². The van der Waals surface area contributed by atoms with Gasteiger partial charge in [-0.2, -0.15) is 0 Å². The fourth-order valence-corrected chi connectivity index (χ4v) is 5.03. The molecule has 2 saturated heterocycles. The Hall–Kier alpha value is -2.47. The summed E-state index contributed by atoms with van der Waals surface area (Å²) in [6.07, 6.45) is 7.19. The van der Waals surface area contributed by atoms with Crippen molar-refractivity contribution in [3.63, 3.8) is 0 Å². The molecule has 1 N–H and O–H groups in total. The van der Waals surface area contributed by atoms with Crippen LogP contribution >= 0.6 is 0 Å². The lowest BCUT2D eigenvalue weighted by molar-refractivity contribution is -0.123. The maximum Gasteiger partial charge on any atom is 0.251 e. The number of fused-ring (bicyclic) bond motifs is 5. The Morgan fingerprint density at radius 3 is 2.33 bits per heavy atom. The standard InChI is InChI=1S/C21H22N2O4/c24-19(22-11-16-2-1-9-27-16)12-5-7-15(8-6-12)23-20(25)17-13-3-4-14(10-13)18(17)21(23)26/h3-8,13-14,16-18H,1-2,9-11H2,(H,22,24)/t13-,14+,16-,17-,18-/m0/s1. The smallest absolute Gasteiger partial charge is 0.251 e. The number of benzene rings is 1. The van der Waals surface area contributed by atoms with E-state index in [0.717, 1.165) is 25.9 Å². The molecule has 0 unspecified atom stereocenters. The van der Waals surface area contributed by atoms with Crippen molar-refractivity contribution in [3.8, 4) is 0 Å². The number of rotatable bonds is 4. The molecule has 140 valence electrons. The third-order valence-electron chi connectivity index (χ3n) is 6.37. The number of hydrogen-bond donors (Lipinski definition) is 1. The van der Waals surface area contributed by atoms with Gasteiger partial charge in [-0.05, 0) is 55.4 Å². The number of imide groups is 1. The van der Waals surface area contributed by atoms with Gasteiger partial charge in [-0.1, -0.05) is 12.2 Å². The highest BCUT2D eigenvalue weighted by Crippen LogP contribution is 2.53. The number of allylic oxidation sites excluding steroid dienone is 2. The van der Waals surface area contributed by atoms with E-state index in [1.165, 1.54) is 4.90 Å². The van der Waals surface area contributed by atoms with Gasteiger partial charge in [0.2, 0.25) is 11.8 Å². The summed E-state index contributed by atoms with van der Waals surface area (Å²) in [6.45, 7) is 1.26. The number of carbonyl (C=O) groups excluding carboxylic acids is 3. The fraction of sp³-hybridized carbons (Fsp3) is 0.476. The van der Waals surface area contributed by atoms with E-state index in [2.05, 4.69) is 17.5 Å². The quantitative estimate of drug-likeness (QED) is 0.652. The van der Waals surface area contributed by atoms with Crippen molar-refractivity contribution < 1.29 is 19.1 Å².